The van der Waals surface area contributed by atoms with Gasteiger partial charge in [0, 0.05) is 6.42 Å². The molecule has 0 saturated carbocycles. The molecule has 0 aliphatic carbocycles. The second kappa shape index (κ2) is 9.78. The Balaban J connectivity index is 0.00000259. The summed E-state index contributed by atoms with van der Waals surface area (Å²) in [6.45, 7) is -1.90. The van der Waals surface area contributed by atoms with Crippen LogP contribution >= 0.6 is 6.72 Å². The van der Waals surface area contributed by atoms with E-state index in [0.717, 1.165) is 0 Å². The van der Waals surface area contributed by atoms with Crippen molar-refractivity contribution >= 4 is 41.4 Å². The van der Waals surface area contributed by atoms with Crippen LogP contribution in [-0.4, -0.2) is 55.5 Å². The molecule has 0 spiro atoms. The van der Waals surface area contributed by atoms with Crippen molar-refractivity contribution in [2.24, 2.45) is 0 Å². The molecule has 12 nitrogen and oxygen atoms in total. The van der Waals surface area contributed by atoms with Gasteiger partial charge < -0.3 is 33.5 Å². The second-order valence-electron chi connectivity index (χ2n) is 7.34. The fraction of sp³-hybridized carbons (Fsp3) is 0.444. The van der Waals surface area contributed by atoms with Crippen LogP contribution < -0.4 is 39.8 Å². The number of carbonyl (C=O) groups is 1. The van der Waals surface area contributed by atoms with Gasteiger partial charge in [0.25, 0.3) is 0 Å². The Kier molecular flexibility index (Phi) is 7.37. The Bertz CT molecular complexity index is 1210. The van der Waals surface area contributed by atoms with E-state index in [1.807, 2.05) is 6.92 Å². The fourth-order valence-electron chi connectivity index (χ4n) is 3.78. The van der Waals surface area contributed by atoms with Gasteiger partial charge in [0.05, 0.1) is 12.9 Å². The van der Waals surface area contributed by atoms with Gasteiger partial charge >= 0.3 is 29.6 Å². The maximum atomic E-state index is 12.2. The van der Waals surface area contributed by atoms with Crippen molar-refractivity contribution in [1.29, 1.82) is 0 Å². The molecule has 5 heterocycles. The van der Waals surface area contributed by atoms with E-state index in [4.69, 9.17) is 30.0 Å². The third-order valence-corrected chi connectivity index (χ3v) is 6.71. The normalized spacial score (nSPS) is 28.9. The van der Waals surface area contributed by atoms with Crippen molar-refractivity contribution in [3.05, 3.63) is 24.7 Å². The van der Waals surface area contributed by atoms with Gasteiger partial charge in [0.1, 0.15) is 31.4 Å². The molecule has 1 unspecified atom stereocenters. The largest absolute Gasteiger partial charge is 1.00 e. The van der Waals surface area contributed by atoms with Crippen molar-refractivity contribution in [3.8, 4) is 11.6 Å². The van der Waals surface area contributed by atoms with Gasteiger partial charge in [0.15, 0.2) is 34.8 Å². The Morgan fingerprint density at radius 1 is 1.45 bits per heavy atom. The monoisotopic (exact) mass is 503 g/mol. The first kappa shape index (κ1) is 24.9. The number of anilines is 1. The molecule has 2 N–H and O–H groups in total. The molecule has 0 aromatic carbocycles. The molecule has 1 amide bonds. The van der Waals surface area contributed by atoms with E-state index >= 15 is 0 Å². The van der Waals surface area contributed by atoms with Crippen LogP contribution in [0.5, 0.6) is 0 Å². The van der Waals surface area contributed by atoms with Crippen LogP contribution in [0.2, 0.25) is 0 Å². The maximum absolute atomic E-state index is 12.2. The smallest absolute Gasteiger partial charge is 0.780 e. The molecule has 3 aromatic heterocycles. The summed E-state index contributed by atoms with van der Waals surface area (Å²) in [5.41, 5.74) is 0.587. The molecular weight excluding hydrogens is 484 g/mol. The molecule has 33 heavy (non-hydrogen) atoms. The number of nitrogens with one attached hydrogen (secondary N) is 1. The zero-order valence-electron chi connectivity index (χ0n) is 17.8. The predicted molar refractivity (Wildman–Crippen MR) is 112 cm³/mol. The Morgan fingerprint density at radius 3 is 3.00 bits per heavy atom. The number of nitrogens with zero attached hydrogens (tertiary/aromatic N) is 4. The summed E-state index contributed by atoms with van der Waals surface area (Å²) in [7, 11) is 0. The number of imidazole rings is 1. The molecule has 170 valence electrons. The summed E-state index contributed by atoms with van der Waals surface area (Å²) in [6, 6.07) is 3.37. The van der Waals surface area contributed by atoms with E-state index in [2.05, 4.69) is 20.3 Å². The molecule has 15 heteroatoms. The average Bonchev–Trinajstić information content (AvgIpc) is 3.46. The van der Waals surface area contributed by atoms with Gasteiger partial charge in [-0.25, -0.2) is 15.0 Å². The van der Waals surface area contributed by atoms with Crippen LogP contribution in [0, 0.1) is 0 Å². The summed E-state index contributed by atoms with van der Waals surface area (Å²) < 4.78 is 23.4. The van der Waals surface area contributed by atoms with Crippen LogP contribution in [0.1, 0.15) is 26.0 Å². The molecule has 0 radical (unpaired) electrons. The number of hydrogen-bond donors (Lipinski definition) is 2. The summed E-state index contributed by atoms with van der Waals surface area (Å²) >= 11 is 4.81. The van der Waals surface area contributed by atoms with Gasteiger partial charge in [-0.3, -0.25) is 9.36 Å². The molecule has 2 saturated heterocycles. The van der Waals surface area contributed by atoms with E-state index in [-0.39, 0.29) is 47.9 Å². The van der Waals surface area contributed by atoms with Gasteiger partial charge in [-0.2, -0.15) is 0 Å². The van der Waals surface area contributed by atoms with Crippen LogP contribution in [0.3, 0.4) is 0 Å². The van der Waals surface area contributed by atoms with Crippen LogP contribution in [0.4, 0.5) is 5.82 Å². The minimum absolute atomic E-state index is 0. The summed E-state index contributed by atoms with van der Waals surface area (Å²) in [6.07, 6.45) is -0.184. The predicted octanol–water partition coefficient (Wildman–Crippen LogP) is -1.91. The third-order valence-electron chi connectivity index (χ3n) is 5.17. The Labute approximate surface area is 215 Å². The SMILES string of the molecule is CCCC(=O)Nc1ncnc2c1nc(-c1ccco1)n2[C@@H]1O[C@@H]2COP([O-])(=S)O[C@H]2[C@H]1O.[Na+]. The van der Waals surface area contributed by atoms with Gasteiger partial charge in [-0.15, -0.1) is 0 Å². The third kappa shape index (κ3) is 4.67. The van der Waals surface area contributed by atoms with Crippen molar-refractivity contribution in [3.63, 3.8) is 0 Å². The quantitative estimate of drug-likeness (QED) is 0.296. The number of carbonyl (C=O) groups excluding carboxylic acids is 1. The zero-order valence-corrected chi connectivity index (χ0v) is 21.5. The molecule has 3 aromatic rings. The zero-order chi connectivity index (χ0) is 22.5. The Hall–Kier alpha value is -1.25. The molecular formula is C18H19N5NaO7PS. The minimum atomic E-state index is -3.71. The van der Waals surface area contributed by atoms with E-state index < -0.39 is 31.3 Å². The first-order valence-corrected chi connectivity index (χ1v) is 12.5. The van der Waals surface area contributed by atoms with E-state index in [1.54, 1.807) is 12.1 Å². The summed E-state index contributed by atoms with van der Waals surface area (Å²) in [4.78, 5) is 37.3. The number of fused-ring (bicyclic) bond motifs is 2. The average molecular weight is 503 g/mol. The molecule has 5 rings (SSSR count). The first-order chi connectivity index (χ1) is 15.4. The van der Waals surface area contributed by atoms with Gasteiger partial charge in [-0.05, 0) is 18.6 Å². The summed E-state index contributed by atoms with van der Waals surface area (Å²) in [5, 5.41) is 13.7. The number of aliphatic hydroxyl groups is 1. The van der Waals surface area contributed by atoms with E-state index in [9.17, 15) is 14.8 Å². The van der Waals surface area contributed by atoms with Crippen LogP contribution in [-0.2, 0) is 30.4 Å². The molecule has 2 aliphatic rings. The number of hydrogen-bond acceptors (Lipinski definition) is 11. The number of aliphatic hydroxyl groups excluding tert-OH is 1. The topological polar surface area (TPSA) is 157 Å². The molecule has 5 atom stereocenters. The first-order valence-electron chi connectivity index (χ1n) is 9.92. The van der Waals surface area contributed by atoms with Crippen LogP contribution in [0.25, 0.3) is 22.7 Å². The van der Waals surface area contributed by atoms with E-state index in [0.29, 0.717) is 35.6 Å². The van der Waals surface area contributed by atoms with Crippen molar-refractivity contribution < 1.29 is 62.6 Å². The molecule has 2 aliphatic heterocycles. The van der Waals surface area contributed by atoms with Crippen molar-refractivity contribution in [2.75, 3.05) is 11.9 Å². The molecule has 0 bridgehead atoms. The molecule has 2 fully saturated rings. The second-order valence-corrected chi connectivity index (χ2v) is 10.0. The number of furan rings is 1. The van der Waals surface area contributed by atoms with Crippen molar-refractivity contribution in [2.45, 2.75) is 44.3 Å². The number of ether oxygens (including phenoxy) is 1. The van der Waals surface area contributed by atoms with Gasteiger partial charge in [0.2, 0.25) is 5.91 Å². The minimum Gasteiger partial charge on any atom is -0.780 e. The maximum Gasteiger partial charge on any atom is 1.00 e. The number of amides is 1. The number of aromatic nitrogens is 4. The van der Waals surface area contributed by atoms with Gasteiger partial charge in [-0.1, -0.05) is 18.7 Å². The fourth-order valence-corrected chi connectivity index (χ4v) is 5.21. The summed E-state index contributed by atoms with van der Waals surface area (Å²) in [5.74, 6) is 0.684. The Morgan fingerprint density at radius 2 is 2.27 bits per heavy atom. The number of rotatable bonds is 5. The standard InChI is InChI=1S/C18H20N5O7PS.Na/c1-2-4-11(24)21-15-12-17(20-8-19-15)23(16(22-12)9-5-3-6-27-9)18-13(25)14-10(29-18)7-28-31(26,32)30-14;/h3,5-6,8,10,13-14,18,25H,2,4,7H2,1H3,(H,26,32)(H,19,20,21,24);/q;+1/p-1/t10-,13-,14-,18-,31?;/m1./s1. The van der Waals surface area contributed by atoms with E-state index in [1.165, 1.54) is 17.2 Å². The van der Waals surface area contributed by atoms with Crippen LogP contribution in [0.15, 0.2) is 29.1 Å². The van der Waals surface area contributed by atoms with Crippen molar-refractivity contribution in [1.82, 2.24) is 19.5 Å².